The van der Waals surface area contributed by atoms with Gasteiger partial charge in [-0.05, 0) is 22.3 Å². The summed E-state index contributed by atoms with van der Waals surface area (Å²) in [5.74, 6) is -0.203. The van der Waals surface area contributed by atoms with Gasteiger partial charge in [0, 0.05) is 24.2 Å². The second-order valence-corrected chi connectivity index (χ2v) is 7.02. The lowest BCUT2D eigenvalue weighted by atomic mass is 9.48. The van der Waals surface area contributed by atoms with Gasteiger partial charge in [-0.1, -0.05) is 48.5 Å². The molecule has 0 atom stereocenters. The van der Waals surface area contributed by atoms with Crippen LogP contribution in [0.15, 0.2) is 59.7 Å². The van der Waals surface area contributed by atoms with E-state index in [0.717, 1.165) is 22.3 Å². The SMILES string of the molecule is O=C1NCC23C1=C1C(=O)NCC1(c1ccccc12)c1ccccc13. The summed E-state index contributed by atoms with van der Waals surface area (Å²) in [6, 6.07) is 16.6. The van der Waals surface area contributed by atoms with Gasteiger partial charge in [0.15, 0.2) is 0 Å². The molecule has 0 aromatic heterocycles. The van der Waals surface area contributed by atoms with Crippen molar-refractivity contribution in [2.45, 2.75) is 10.8 Å². The number of hydrogen-bond acceptors (Lipinski definition) is 2. The van der Waals surface area contributed by atoms with Crippen LogP contribution in [-0.4, -0.2) is 24.9 Å². The molecule has 0 unspecified atom stereocenters. The van der Waals surface area contributed by atoms with Crippen molar-refractivity contribution in [3.05, 3.63) is 81.9 Å². The van der Waals surface area contributed by atoms with Gasteiger partial charge in [-0.3, -0.25) is 9.59 Å². The predicted octanol–water partition coefficient (Wildman–Crippen LogP) is 1.14. The summed E-state index contributed by atoms with van der Waals surface area (Å²) in [7, 11) is 0. The highest BCUT2D eigenvalue weighted by Gasteiger charge is 2.66. The van der Waals surface area contributed by atoms with E-state index in [1.54, 1.807) is 0 Å². The minimum Gasteiger partial charge on any atom is -0.351 e. The number of amides is 2. The first-order chi connectivity index (χ1) is 11.7. The molecule has 0 saturated carbocycles. The molecule has 2 bridgehead atoms. The van der Waals surface area contributed by atoms with E-state index in [2.05, 4.69) is 34.9 Å². The Morgan fingerprint density at radius 2 is 0.958 bits per heavy atom. The summed E-state index contributed by atoms with van der Waals surface area (Å²) < 4.78 is 0. The standard InChI is InChI=1S/C20H14N2O2/c23-17-15-16-18(24)22-10-20(16)12-6-2-1-5-11(12)19(15,9-21-17)13-7-3-4-8-14(13)20/h1-8H,9-10H2,(H,21,23)(H,22,24). The molecule has 116 valence electrons. The lowest BCUT2D eigenvalue weighted by Crippen LogP contribution is -2.51. The van der Waals surface area contributed by atoms with Crippen molar-refractivity contribution in [3.63, 3.8) is 0 Å². The Balaban J connectivity index is 1.91. The molecule has 7 rings (SSSR count). The van der Waals surface area contributed by atoms with Gasteiger partial charge >= 0.3 is 0 Å². The molecule has 2 spiro atoms. The molecule has 2 amide bonds. The topological polar surface area (TPSA) is 58.2 Å². The molecule has 2 saturated heterocycles. The highest BCUT2D eigenvalue weighted by molar-refractivity contribution is 6.15. The molecule has 5 aliphatic rings. The molecule has 4 heteroatoms. The smallest absolute Gasteiger partial charge is 0.249 e. The predicted molar refractivity (Wildman–Crippen MR) is 87.5 cm³/mol. The molecule has 0 radical (unpaired) electrons. The largest absolute Gasteiger partial charge is 0.351 e. The summed E-state index contributed by atoms with van der Waals surface area (Å²) in [4.78, 5) is 25.5. The number of hydrogen-bond donors (Lipinski definition) is 2. The first-order valence-electron chi connectivity index (χ1n) is 8.23. The number of carbonyl (C=O) groups excluding carboxylic acids is 2. The Bertz CT molecular complexity index is 890. The monoisotopic (exact) mass is 314 g/mol. The van der Waals surface area contributed by atoms with E-state index in [0.29, 0.717) is 24.2 Å². The van der Waals surface area contributed by atoms with Crippen LogP contribution in [0.1, 0.15) is 22.3 Å². The normalized spacial score (nSPS) is 31.2. The molecule has 2 fully saturated rings. The lowest BCUT2D eigenvalue weighted by molar-refractivity contribution is -0.118. The second-order valence-electron chi connectivity index (χ2n) is 7.02. The van der Waals surface area contributed by atoms with Crippen LogP contribution in [0.3, 0.4) is 0 Å². The molecule has 2 N–H and O–H groups in total. The molecule has 2 aromatic carbocycles. The van der Waals surface area contributed by atoms with E-state index in [4.69, 9.17) is 0 Å². The highest BCUT2D eigenvalue weighted by atomic mass is 16.2. The van der Waals surface area contributed by atoms with E-state index < -0.39 is 10.8 Å². The minimum atomic E-state index is -0.539. The van der Waals surface area contributed by atoms with Crippen LogP contribution in [0.5, 0.6) is 0 Å². The fourth-order valence-electron chi connectivity index (χ4n) is 5.49. The van der Waals surface area contributed by atoms with Gasteiger partial charge < -0.3 is 10.6 Å². The first-order valence-corrected chi connectivity index (χ1v) is 8.23. The molecule has 4 nitrogen and oxygen atoms in total. The van der Waals surface area contributed by atoms with Crippen LogP contribution < -0.4 is 10.6 Å². The van der Waals surface area contributed by atoms with Crippen molar-refractivity contribution in [1.82, 2.24) is 10.6 Å². The second kappa shape index (κ2) is 3.61. The van der Waals surface area contributed by atoms with Crippen LogP contribution in [0.25, 0.3) is 0 Å². The summed E-state index contributed by atoms with van der Waals surface area (Å²) in [5, 5.41) is 6.03. The summed E-state index contributed by atoms with van der Waals surface area (Å²) in [6.45, 7) is 1.03. The third-order valence-electron chi connectivity index (χ3n) is 6.28. The van der Waals surface area contributed by atoms with Gasteiger partial charge in [0.2, 0.25) is 11.8 Å². The minimum absolute atomic E-state index is 0.101. The van der Waals surface area contributed by atoms with Crippen LogP contribution in [0.4, 0.5) is 0 Å². The van der Waals surface area contributed by atoms with Gasteiger partial charge in [-0.2, -0.15) is 0 Å². The van der Waals surface area contributed by atoms with Crippen molar-refractivity contribution in [2.75, 3.05) is 13.1 Å². The maximum Gasteiger partial charge on any atom is 0.249 e. The summed E-state index contributed by atoms with van der Waals surface area (Å²) in [6.07, 6.45) is 0. The molecular formula is C20H14N2O2. The average Bonchev–Trinajstić information content (AvgIpc) is 3.15. The maximum atomic E-state index is 12.7. The van der Waals surface area contributed by atoms with E-state index in [1.165, 1.54) is 0 Å². The third kappa shape index (κ3) is 1.00. The number of rotatable bonds is 0. The van der Waals surface area contributed by atoms with Gasteiger partial charge in [0.05, 0.1) is 10.8 Å². The van der Waals surface area contributed by atoms with Gasteiger partial charge in [-0.15, -0.1) is 0 Å². The Hall–Kier alpha value is -2.88. The Labute approximate surface area is 138 Å². The third-order valence-corrected chi connectivity index (χ3v) is 6.28. The van der Waals surface area contributed by atoms with Crippen molar-refractivity contribution >= 4 is 11.8 Å². The first kappa shape index (κ1) is 12.5. The van der Waals surface area contributed by atoms with Crippen LogP contribution in [-0.2, 0) is 20.4 Å². The van der Waals surface area contributed by atoms with E-state index >= 15 is 0 Å². The molecular weight excluding hydrogens is 300 g/mol. The van der Waals surface area contributed by atoms with Gasteiger partial charge in [0.25, 0.3) is 0 Å². The Morgan fingerprint density at radius 1 is 0.625 bits per heavy atom. The number of nitrogens with one attached hydrogen (secondary N) is 2. The van der Waals surface area contributed by atoms with Crippen LogP contribution >= 0.6 is 0 Å². The maximum absolute atomic E-state index is 12.7. The zero-order valence-corrected chi connectivity index (χ0v) is 12.8. The molecule has 2 aromatic rings. The van der Waals surface area contributed by atoms with E-state index in [9.17, 15) is 9.59 Å². The lowest BCUT2D eigenvalue weighted by Gasteiger charge is -2.51. The fraction of sp³-hybridized carbons (Fsp3) is 0.200. The van der Waals surface area contributed by atoms with Gasteiger partial charge in [-0.25, -0.2) is 0 Å². The molecule has 2 heterocycles. The highest BCUT2D eigenvalue weighted by Crippen LogP contribution is 2.63. The zero-order chi connectivity index (χ0) is 16.1. The summed E-state index contributed by atoms with van der Waals surface area (Å²) in [5.41, 5.74) is 4.90. The van der Waals surface area contributed by atoms with Crippen LogP contribution in [0.2, 0.25) is 0 Å². The van der Waals surface area contributed by atoms with Crippen LogP contribution in [0, 0.1) is 0 Å². The Kier molecular flexibility index (Phi) is 1.89. The molecule has 3 aliphatic carbocycles. The van der Waals surface area contributed by atoms with Crippen molar-refractivity contribution in [3.8, 4) is 0 Å². The molecule has 2 aliphatic heterocycles. The average molecular weight is 314 g/mol. The Morgan fingerprint density at radius 3 is 1.29 bits per heavy atom. The summed E-state index contributed by atoms with van der Waals surface area (Å²) >= 11 is 0. The van der Waals surface area contributed by atoms with Crippen molar-refractivity contribution in [2.24, 2.45) is 0 Å². The van der Waals surface area contributed by atoms with E-state index in [1.807, 2.05) is 24.3 Å². The molecule has 24 heavy (non-hydrogen) atoms. The zero-order valence-electron chi connectivity index (χ0n) is 12.8. The van der Waals surface area contributed by atoms with Gasteiger partial charge in [0.1, 0.15) is 0 Å². The fourth-order valence-corrected chi connectivity index (χ4v) is 5.49. The number of benzene rings is 2. The van der Waals surface area contributed by atoms with Crippen molar-refractivity contribution < 1.29 is 9.59 Å². The van der Waals surface area contributed by atoms with E-state index in [-0.39, 0.29) is 11.8 Å². The number of carbonyl (C=O) groups is 2. The van der Waals surface area contributed by atoms with Crippen molar-refractivity contribution in [1.29, 1.82) is 0 Å². The quantitative estimate of drug-likeness (QED) is 0.766.